The van der Waals surface area contributed by atoms with Crippen molar-refractivity contribution in [2.45, 2.75) is 19.0 Å². The highest BCUT2D eigenvalue weighted by Crippen LogP contribution is 2.33. The maximum Gasteiger partial charge on any atom is 0.573 e. The van der Waals surface area contributed by atoms with Gasteiger partial charge < -0.3 is 4.74 Å². The molecule has 0 radical (unpaired) electrons. The van der Waals surface area contributed by atoms with Crippen molar-refractivity contribution in [2.24, 2.45) is 0 Å². The van der Waals surface area contributed by atoms with Gasteiger partial charge in [-0.2, -0.15) is 13.2 Å². The summed E-state index contributed by atoms with van der Waals surface area (Å²) >= 11 is 5.63. The molecule has 0 spiro atoms. The minimum absolute atomic E-state index is 0.117. The normalized spacial score (nSPS) is 12.6. The van der Waals surface area contributed by atoms with Gasteiger partial charge in [0, 0.05) is 18.5 Å². The van der Waals surface area contributed by atoms with Gasteiger partial charge in [0.15, 0.2) is 0 Å². The largest absolute Gasteiger partial charge is 0.573 e. The topological polar surface area (TPSA) is 26.5 Å². The first-order valence-electron chi connectivity index (χ1n) is 7.59. The molecule has 0 saturated carbocycles. The standard InChI is InChI=1S/C17H11ClF6N2O/c18-8-7-13-14-6-3-11(9-26(14)15(25-13)16(19,20)21)10-1-4-12(5-2-10)27-17(22,23)24/h1-6,9H,7-8H2. The lowest BCUT2D eigenvalue weighted by Crippen LogP contribution is -2.16. The van der Waals surface area contributed by atoms with E-state index in [9.17, 15) is 26.3 Å². The molecule has 0 aliphatic rings. The zero-order valence-corrected chi connectivity index (χ0v) is 14.2. The van der Waals surface area contributed by atoms with Crippen molar-refractivity contribution < 1.29 is 31.1 Å². The van der Waals surface area contributed by atoms with Gasteiger partial charge >= 0.3 is 12.5 Å². The van der Waals surface area contributed by atoms with Crippen molar-refractivity contribution in [1.82, 2.24) is 9.38 Å². The zero-order chi connectivity index (χ0) is 19.8. The van der Waals surface area contributed by atoms with Crippen molar-refractivity contribution in [3.8, 4) is 16.9 Å². The molecule has 3 rings (SSSR count). The number of ether oxygens (including phenoxy) is 1. The number of imidazole rings is 1. The van der Waals surface area contributed by atoms with E-state index in [1.54, 1.807) is 6.07 Å². The van der Waals surface area contributed by atoms with Crippen molar-refractivity contribution in [3.05, 3.63) is 54.1 Å². The summed E-state index contributed by atoms with van der Waals surface area (Å²) in [7, 11) is 0. The monoisotopic (exact) mass is 408 g/mol. The number of nitrogens with zero attached hydrogens (tertiary/aromatic N) is 2. The lowest BCUT2D eigenvalue weighted by atomic mass is 10.1. The summed E-state index contributed by atoms with van der Waals surface area (Å²) in [5.74, 6) is -1.39. The summed E-state index contributed by atoms with van der Waals surface area (Å²) in [5.41, 5.74) is 1.29. The average molecular weight is 409 g/mol. The van der Waals surface area contributed by atoms with E-state index in [2.05, 4.69) is 9.72 Å². The molecule has 2 heterocycles. The fourth-order valence-electron chi connectivity index (χ4n) is 2.64. The summed E-state index contributed by atoms with van der Waals surface area (Å²) in [6.07, 6.45) is -8.08. The summed E-state index contributed by atoms with van der Waals surface area (Å²) in [6.45, 7) is 0. The van der Waals surface area contributed by atoms with Crippen LogP contribution in [0.5, 0.6) is 5.75 Å². The Morgan fingerprint density at radius 1 is 0.926 bits per heavy atom. The Balaban J connectivity index is 2.03. The fourth-order valence-corrected chi connectivity index (χ4v) is 2.82. The van der Waals surface area contributed by atoms with Gasteiger partial charge in [0.2, 0.25) is 5.82 Å². The Kier molecular flexibility index (Phi) is 4.98. The van der Waals surface area contributed by atoms with Gasteiger partial charge in [0.1, 0.15) is 5.75 Å². The molecule has 10 heteroatoms. The number of halogens is 7. The highest BCUT2D eigenvalue weighted by atomic mass is 35.5. The highest BCUT2D eigenvalue weighted by molar-refractivity contribution is 6.18. The van der Waals surface area contributed by atoms with Crippen LogP contribution in [0.15, 0.2) is 42.6 Å². The van der Waals surface area contributed by atoms with Crippen LogP contribution < -0.4 is 4.74 Å². The molecule has 0 N–H and O–H groups in total. The average Bonchev–Trinajstić information content (AvgIpc) is 2.93. The lowest BCUT2D eigenvalue weighted by Gasteiger charge is -2.10. The van der Waals surface area contributed by atoms with E-state index in [1.165, 1.54) is 24.4 Å². The van der Waals surface area contributed by atoms with Gasteiger partial charge in [-0.05, 0) is 29.3 Å². The van der Waals surface area contributed by atoms with E-state index in [1.807, 2.05) is 0 Å². The van der Waals surface area contributed by atoms with E-state index < -0.39 is 24.1 Å². The van der Waals surface area contributed by atoms with Gasteiger partial charge in [0.05, 0.1) is 11.2 Å². The Morgan fingerprint density at radius 3 is 2.11 bits per heavy atom. The second-order valence-corrected chi connectivity index (χ2v) is 5.94. The molecule has 0 unspecified atom stereocenters. The third-order valence-corrected chi connectivity index (χ3v) is 3.91. The Labute approximate surface area is 154 Å². The van der Waals surface area contributed by atoms with Gasteiger partial charge in [-0.1, -0.05) is 18.2 Å². The maximum atomic E-state index is 13.3. The number of alkyl halides is 7. The highest BCUT2D eigenvalue weighted by Gasteiger charge is 2.37. The maximum absolute atomic E-state index is 13.3. The van der Waals surface area contributed by atoms with Crippen LogP contribution >= 0.6 is 11.6 Å². The summed E-state index contributed by atoms with van der Waals surface area (Å²) in [6, 6.07) is 7.86. The SMILES string of the molecule is FC(F)(F)Oc1ccc(-c2ccc3c(CCCl)nc(C(F)(F)F)n3c2)cc1. The summed E-state index contributed by atoms with van der Waals surface area (Å²) < 4.78 is 81.2. The predicted octanol–water partition coefficient (Wildman–Crippen LogP) is 5.70. The second-order valence-electron chi connectivity index (χ2n) is 5.56. The fraction of sp³-hybridized carbons (Fsp3) is 0.235. The molecule has 3 aromatic rings. The van der Waals surface area contributed by atoms with Crippen molar-refractivity contribution in [2.75, 3.05) is 5.88 Å². The zero-order valence-electron chi connectivity index (χ0n) is 13.4. The quantitative estimate of drug-likeness (QED) is 0.409. The minimum Gasteiger partial charge on any atom is -0.406 e. The van der Waals surface area contributed by atoms with Crippen molar-refractivity contribution in [3.63, 3.8) is 0 Å². The van der Waals surface area contributed by atoms with Gasteiger partial charge in [-0.15, -0.1) is 24.8 Å². The molecular weight excluding hydrogens is 398 g/mol. The van der Waals surface area contributed by atoms with Gasteiger partial charge in [0.25, 0.3) is 0 Å². The number of rotatable bonds is 4. The number of aromatic nitrogens is 2. The molecule has 0 bridgehead atoms. The number of pyridine rings is 1. The number of hydrogen-bond donors (Lipinski definition) is 0. The van der Waals surface area contributed by atoms with E-state index >= 15 is 0 Å². The summed E-state index contributed by atoms with van der Waals surface area (Å²) in [5, 5.41) is 0. The first-order chi connectivity index (χ1) is 12.6. The summed E-state index contributed by atoms with van der Waals surface area (Å²) in [4.78, 5) is 3.65. The Morgan fingerprint density at radius 2 is 1.56 bits per heavy atom. The molecule has 27 heavy (non-hydrogen) atoms. The molecule has 0 amide bonds. The van der Waals surface area contributed by atoms with Crippen LogP contribution in [0.3, 0.4) is 0 Å². The van der Waals surface area contributed by atoms with Crippen LogP contribution in [-0.4, -0.2) is 21.6 Å². The van der Waals surface area contributed by atoms with E-state index in [-0.39, 0.29) is 23.5 Å². The molecule has 0 fully saturated rings. The van der Waals surface area contributed by atoms with Crippen LogP contribution in [0.25, 0.3) is 16.6 Å². The van der Waals surface area contributed by atoms with Crippen LogP contribution in [0.2, 0.25) is 0 Å². The molecule has 0 atom stereocenters. The number of aryl methyl sites for hydroxylation is 1. The molecule has 1 aromatic carbocycles. The first-order valence-corrected chi connectivity index (χ1v) is 8.12. The predicted molar refractivity (Wildman–Crippen MR) is 86.7 cm³/mol. The Hall–Kier alpha value is -2.42. The first kappa shape index (κ1) is 19.3. The molecular formula is C17H11ClF6N2O. The Bertz CT molecular complexity index is 947. The van der Waals surface area contributed by atoms with E-state index in [0.29, 0.717) is 11.1 Å². The molecule has 2 aromatic heterocycles. The third kappa shape index (κ3) is 4.29. The number of benzene rings is 1. The van der Waals surface area contributed by atoms with Crippen molar-refractivity contribution in [1.29, 1.82) is 0 Å². The van der Waals surface area contributed by atoms with Gasteiger partial charge in [-0.25, -0.2) is 4.98 Å². The number of fused-ring (bicyclic) bond motifs is 1. The smallest absolute Gasteiger partial charge is 0.406 e. The lowest BCUT2D eigenvalue weighted by molar-refractivity contribution is -0.274. The molecule has 3 nitrogen and oxygen atoms in total. The van der Waals surface area contributed by atoms with Crippen LogP contribution in [0.1, 0.15) is 11.5 Å². The van der Waals surface area contributed by atoms with Gasteiger partial charge in [-0.3, -0.25) is 4.40 Å². The molecule has 144 valence electrons. The van der Waals surface area contributed by atoms with Crippen LogP contribution in [0, 0.1) is 0 Å². The molecule has 0 saturated heterocycles. The molecule has 0 aliphatic carbocycles. The molecule has 0 aliphatic heterocycles. The van der Waals surface area contributed by atoms with E-state index in [0.717, 1.165) is 16.5 Å². The van der Waals surface area contributed by atoms with Crippen LogP contribution in [0.4, 0.5) is 26.3 Å². The van der Waals surface area contributed by atoms with E-state index in [4.69, 9.17) is 11.6 Å². The second kappa shape index (κ2) is 6.95. The van der Waals surface area contributed by atoms with Crippen LogP contribution in [-0.2, 0) is 12.6 Å². The minimum atomic E-state index is -4.82. The third-order valence-electron chi connectivity index (χ3n) is 3.72. The van der Waals surface area contributed by atoms with Crippen molar-refractivity contribution >= 4 is 17.1 Å². The number of hydrogen-bond acceptors (Lipinski definition) is 2.